The largest absolute Gasteiger partial charge is 0.380 e. The number of nitrogens with one attached hydrogen (secondary N) is 1. The molecular formula is C14H17N3O2. The van der Waals surface area contributed by atoms with E-state index < -0.39 is 0 Å². The normalized spacial score (nSPS) is 22.8. The van der Waals surface area contributed by atoms with Crippen molar-refractivity contribution in [1.82, 2.24) is 15.5 Å². The molecule has 1 N–H and O–H groups in total. The van der Waals surface area contributed by atoms with E-state index in [2.05, 4.69) is 22.4 Å². The van der Waals surface area contributed by atoms with Gasteiger partial charge >= 0.3 is 0 Å². The van der Waals surface area contributed by atoms with E-state index in [1.807, 2.05) is 24.3 Å². The molecule has 2 atom stereocenters. The van der Waals surface area contributed by atoms with Gasteiger partial charge < -0.3 is 14.6 Å². The van der Waals surface area contributed by atoms with Gasteiger partial charge in [-0.2, -0.15) is 4.98 Å². The summed E-state index contributed by atoms with van der Waals surface area (Å²) in [5.74, 6) is 1.27. The summed E-state index contributed by atoms with van der Waals surface area (Å²) in [5, 5.41) is 7.37. The van der Waals surface area contributed by atoms with Crippen LogP contribution in [0.4, 0.5) is 0 Å². The molecule has 5 heteroatoms. The van der Waals surface area contributed by atoms with Crippen LogP contribution in [0, 0.1) is 6.92 Å². The molecule has 1 aliphatic heterocycles. The van der Waals surface area contributed by atoms with Crippen LogP contribution in [0.3, 0.4) is 0 Å². The molecule has 0 radical (unpaired) electrons. The summed E-state index contributed by atoms with van der Waals surface area (Å²) in [6, 6.07) is 8.19. The monoisotopic (exact) mass is 259 g/mol. The second kappa shape index (κ2) is 5.11. The molecule has 2 unspecified atom stereocenters. The van der Waals surface area contributed by atoms with E-state index >= 15 is 0 Å². The molecule has 0 aliphatic carbocycles. The lowest BCUT2D eigenvalue weighted by atomic mass is 10.1. The Morgan fingerprint density at radius 1 is 1.32 bits per heavy atom. The number of methoxy groups -OCH3 is 1. The quantitative estimate of drug-likeness (QED) is 0.914. The van der Waals surface area contributed by atoms with Crippen molar-refractivity contribution in [3.05, 3.63) is 35.7 Å². The van der Waals surface area contributed by atoms with E-state index in [1.54, 1.807) is 7.11 Å². The average molecular weight is 259 g/mol. The highest BCUT2D eigenvalue weighted by atomic mass is 16.5. The van der Waals surface area contributed by atoms with Gasteiger partial charge in [-0.3, -0.25) is 0 Å². The zero-order chi connectivity index (χ0) is 13.2. The van der Waals surface area contributed by atoms with Gasteiger partial charge in [0.15, 0.2) is 0 Å². The predicted molar refractivity (Wildman–Crippen MR) is 70.6 cm³/mol. The summed E-state index contributed by atoms with van der Waals surface area (Å²) in [5.41, 5.74) is 2.19. The van der Waals surface area contributed by atoms with Crippen molar-refractivity contribution >= 4 is 0 Å². The van der Waals surface area contributed by atoms with Crippen molar-refractivity contribution in [3.63, 3.8) is 0 Å². The van der Waals surface area contributed by atoms with Crippen molar-refractivity contribution < 1.29 is 9.26 Å². The van der Waals surface area contributed by atoms with Gasteiger partial charge in [0.05, 0.1) is 12.1 Å². The SMILES string of the molecule is COC1CNC(c2nc(-c3ccc(C)cc3)no2)C1. The Balaban J connectivity index is 1.78. The summed E-state index contributed by atoms with van der Waals surface area (Å²) in [7, 11) is 1.72. The summed E-state index contributed by atoms with van der Waals surface area (Å²) in [6.07, 6.45) is 1.09. The Kier molecular flexibility index (Phi) is 3.31. The number of ether oxygens (including phenoxy) is 1. The highest BCUT2D eigenvalue weighted by Gasteiger charge is 2.29. The molecule has 1 aromatic carbocycles. The molecule has 0 spiro atoms. The Morgan fingerprint density at radius 3 is 2.79 bits per heavy atom. The molecule has 0 saturated carbocycles. The van der Waals surface area contributed by atoms with Crippen LogP contribution in [0.2, 0.25) is 0 Å². The van der Waals surface area contributed by atoms with Gasteiger partial charge in [0.1, 0.15) is 0 Å². The highest BCUT2D eigenvalue weighted by Crippen LogP contribution is 2.25. The molecular weight excluding hydrogens is 242 g/mol. The van der Waals surface area contributed by atoms with E-state index in [9.17, 15) is 0 Å². The molecule has 5 nitrogen and oxygen atoms in total. The van der Waals surface area contributed by atoms with E-state index in [4.69, 9.17) is 9.26 Å². The fraction of sp³-hybridized carbons (Fsp3) is 0.429. The van der Waals surface area contributed by atoms with Crippen molar-refractivity contribution in [3.8, 4) is 11.4 Å². The predicted octanol–water partition coefficient (Wildman–Crippen LogP) is 2.09. The Labute approximate surface area is 112 Å². The van der Waals surface area contributed by atoms with Gasteiger partial charge in [-0.05, 0) is 13.3 Å². The number of hydrogen-bond acceptors (Lipinski definition) is 5. The molecule has 0 bridgehead atoms. The standard InChI is InChI=1S/C14H17N3O2/c1-9-3-5-10(6-4-9)13-16-14(19-17-13)12-7-11(18-2)8-15-12/h3-6,11-12,15H,7-8H2,1-2H3. The zero-order valence-corrected chi connectivity index (χ0v) is 11.1. The molecule has 1 aromatic heterocycles. The van der Waals surface area contributed by atoms with Crippen LogP contribution in [0.25, 0.3) is 11.4 Å². The molecule has 1 aliphatic rings. The molecule has 19 heavy (non-hydrogen) atoms. The highest BCUT2D eigenvalue weighted by molar-refractivity contribution is 5.54. The van der Waals surface area contributed by atoms with Gasteiger partial charge in [0, 0.05) is 19.2 Å². The Hall–Kier alpha value is -1.72. The number of rotatable bonds is 3. The maximum absolute atomic E-state index is 5.35. The third-order valence-electron chi connectivity index (χ3n) is 3.47. The zero-order valence-electron chi connectivity index (χ0n) is 11.1. The van der Waals surface area contributed by atoms with E-state index in [-0.39, 0.29) is 12.1 Å². The van der Waals surface area contributed by atoms with Crippen LogP contribution in [-0.4, -0.2) is 29.9 Å². The second-order valence-electron chi connectivity index (χ2n) is 4.88. The van der Waals surface area contributed by atoms with Crippen LogP contribution in [0.5, 0.6) is 0 Å². The fourth-order valence-electron chi connectivity index (χ4n) is 2.27. The van der Waals surface area contributed by atoms with E-state index in [1.165, 1.54) is 5.56 Å². The third kappa shape index (κ3) is 2.52. The minimum atomic E-state index is 0.0941. The first kappa shape index (κ1) is 12.3. The number of aryl methyl sites for hydroxylation is 1. The number of hydrogen-bond donors (Lipinski definition) is 1. The summed E-state index contributed by atoms with van der Waals surface area (Å²) in [6.45, 7) is 2.88. The van der Waals surface area contributed by atoms with Crippen molar-refractivity contribution in [2.24, 2.45) is 0 Å². The lowest BCUT2D eigenvalue weighted by Crippen LogP contribution is -2.16. The first-order valence-corrected chi connectivity index (χ1v) is 6.43. The van der Waals surface area contributed by atoms with Crippen LogP contribution < -0.4 is 5.32 Å². The number of aromatic nitrogens is 2. The van der Waals surface area contributed by atoms with E-state index in [0.29, 0.717) is 11.7 Å². The topological polar surface area (TPSA) is 60.2 Å². The van der Waals surface area contributed by atoms with Crippen LogP contribution in [0.15, 0.2) is 28.8 Å². The maximum atomic E-state index is 5.35. The van der Waals surface area contributed by atoms with Crippen LogP contribution in [-0.2, 0) is 4.74 Å². The smallest absolute Gasteiger partial charge is 0.244 e. The van der Waals surface area contributed by atoms with Gasteiger partial charge in [-0.1, -0.05) is 35.0 Å². The van der Waals surface area contributed by atoms with Crippen molar-refractivity contribution in [2.45, 2.75) is 25.5 Å². The maximum Gasteiger partial charge on any atom is 0.244 e. The minimum Gasteiger partial charge on any atom is -0.380 e. The first-order valence-electron chi connectivity index (χ1n) is 6.43. The molecule has 2 aromatic rings. The molecule has 2 heterocycles. The molecule has 1 fully saturated rings. The third-order valence-corrected chi connectivity index (χ3v) is 3.47. The lowest BCUT2D eigenvalue weighted by Gasteiger charge is -2.04. The molecule has 0 amide bonds. The van der Waals surface area contributed by atoms with Crippen molar-refractivity contribution in [2.75, 3.05) is 13.7 Å². The van der Waals surface area contributed by atoms with Gasteiger partial charge in [-0.25, -0.2) is 0 Å². The Morgan fingerprint density at radius 2 is 2.11 bits per heavy atom. The molecule has 1 saturated heterocycles. The lowest BCUT2D eigenvalue weighted by molar-refractivity contribution is 0.116. The fourth-order valence-corrected chi connectivity index (χ4v) is 2.27. The second-order valence-corrected chi connectivity index (χ2v) is 4.88. The first-order chi connectivity index (χ1) is 9.26. The van der Waals surface area contributed by atoms with Gasteiger partial charge in [-0.15, -0.1) is 0 Å². The minimum absolute atomic E-state index is 0.0941. The van der Waals surface area contributed by atoms with Gasteiger partial charge in [0.2, 0.25) is 11.7 Å². The average Bonchev–Trinajstić information content (AvgIpc) is 3.08. The van der Waals surface area contributed by atoms with Crippen LogP contribution in [0.1, 0.15) is 23.9 Å². The van der Waals surface area contributed by atoms with Crippen LogP contribution >= 0.6 is 0 Å². The molecule has 100 valence electrons. The van der Waals surface area contributed by atoms with E-state index in [0.717, 1.165) is 18.5 Å². The summed E-state index contributed by atoms with van der Waals surface area (Å²) < 4.78 is 10.7. The summed E-state index contributed by atoms with van der Waals surface area (Å²) in [4.78, 5) is 4.47. The Bertz CT molecular complexity index is 550. The molecule has 3 rings (SSSR count). The number of benzene rings is 1. The van der Waals surface area contributed by atoms with Crippen molar-refractivity contribution in [1.29, 1.82) is 0 Å². The number of nitrogens with zero attached hydrogens (tertiary/aromatic N) is 2. The van der Waals surface area contributed by atoms with Gasteiger partial charge in [0.25, 0.3) is 0 Å². The summed E-state index contributed by atoms with van der Waals surface area (Å²) >= 11 is 0.